The molecular weight excluding hydrogens is 370 g/mol. The molecule has 1 N–H and O–H groups in total. The zero-order chi connectivity index (χ0) is 18.5. The first-order valence-corrected chi connectivity index (χ1v) is 10.6. The van der Waals surface area contributed by atoms with Gasteiger partial charge in [0.25, 0.3) is 0 Å². The van der Waals surface area contributed by atoms with E-state index in [2.05, 4.69) is 33.6 Å². The topological polar surface area (TPSA) is 57.3 Å². The molecule has 0 saturated carbocycles. The number of pyridine rings is 1. The highest BCUT2D eigenvalue weighted by Crippen LogP contribution is 2.31. The summed E-state index contributed by atoms with van der Waals surface area (Å²) in [6.07, 6.45) is 2.26. The van der Waals surface area contributed by atoms with E-state index in [-0.39, 0.29) is 0 Å². The molecule has 0 aromatic carbocycles. The molecule has 1 fully saturated rings. The fraction of sp³-hybridized carbons (Fsp3) is 0.667. The number of thioether (sulfide) groups is 1. The van der Waals surface area contributed by atoms with Gasteiger partial charge in [0.05, 0.1) is 17.1 Å². The smallest absolute Gasteiger partial charge is 0.180 e. The van der Waals surface area contributed by atoms with Crippen molar-refractivity contribution in [2.24, 2.45) is 0 Å². The van der Waals surface area contributed by atoms with E-state index in [0.717, 1.165) is 74.3 Å². The van der Waals surface area contributed by atoms with Gasteiger partial charge in [0.1, 0.15) is 5.82 Å². The highest BCUT2D eigenvalue weighted by atomic mass is 35.5. The van der Waals surface area contributed by atoms with E-state index in [1.54, 1.807) is 18.9 Å². The molecule has 1 aliphatic heterocycles. The van der Waals surface area contributed by atoms with E-state index in [4.69, 9.17) is 21.3 Å². The standard InChI is InChI=1S/C18H28ClN5OS/c1-4-13(5-2)26-18-20-15-12-14(19)17(21-16(15)22-18)24-8-6-23(7-9-24)10-11-25-3/h12-13H,4-11H2,1-3H3,(H,20,21,22). The molecule has 8 heteroatoms. The third-order valence-corrected chi connectivity index (χ3v) is 6.55. The lowest BCUT2D eigenvalue weighted by atomic mass is 10.3. The van der Waals surface area contributed by atoms with Gasteiger partial charge in [-0.25, -0.2) is 9.97 Å². The summed E-state index contributed by atoms with van der Waals surface area (Å²) in [5.41, 5.74) is 1.66. The van der Waals surface area contributed by atoms with Crippen LogP contribution in [0.1, 0.15) is 26.7 Å². The Morgan fingerprint density at radius 2 is 1.96 bits per heavy atom. The minimum atomic E-state index is 0.575. The molecule has 144 valence electrons. The number of anilines is 1. The zero-order valence-corrected chi connectivity index (χ0v) is 17.4. The number of H-pyrrole nitrogens is 1. The predicted octanol–water partition coefficient (Wildman–Crippen LogP) is 3.66. The molecule has 3 heterocycles. The maximum atomic E-state index is 6.53. The number of aromatic amines is 1. The van der Waals surface area contributed by atoms with Crippen LogP contribution in [0.2, 0.25) is 5.02 Å². The Morgan fingerprint density at radius 3 is 2.62 bits per heavy atom. The Hall–Kier alpha value is -1.02. The van der Waals surface area contributed by atoms with Crippen LogP contribution in [0, 0.1) is 0 Å². The van der Waals surface area contributed by atoms with E-state index >= 15 is 0 Å². The van der Waals surface area contributed by atoms with Crippen molar-refractivity contribution in [3.05, 3.63) is 11.1 Å². The third-order valence-electron chi connectivity index (χ3n) is 4.86. The number of methoxy groups -OCH3 is 1. The second-order valence-electron chi connectivity index (χ2n) is 6.58. The van der Waals surface area contributed by atoms with Gasteiger partial charge in [-0.1, -0.05) is 37.2 Å². The number of piperazine rings is 1. The molecule has 0 spiro atoms. The monoisotopic (exact) mass is 397 g/mol. The number of imidazole rings is 1. The first-order chi connectivity index (χ1) is 12.6. The van der Waals surface area contributed by atoms with Crippen LogP contribution < -0.4 is 4.90 Å². The van der Waals surface area contributed by atoms with Crippen LogP contribution in [0.5, 0.6) is 0 Å². The summed E-state index contributed by atoms with van der Waals surface area (Å²) in [7, 11) is 1.74. The zero-order valence-electron chi connectivity index (χ0n) is 15.8. The fourth-order valence-corrected chi connectivity index (χ4v) is 4.41. The Balaban J connectivity index is 1.72. The number of nitrogens with one attached hydrogen (secondary N) is 1. The average molecular weight is 398 g/mol. The molecule has 0 radical (unpaired) electrons. The van der Waals surface area contributed by atoms with Crippen molar-refractivity contribution in [2.75, 3.05) is 51.3 Å². The van der Waals surface area contributed by atoms with Gasteiger partial charge in [-0.3, -0.25) is 4.90 Å². The number of fused-ring (bicyclic) bond motifs is 1. The number of nitrogens with zero attached hydrogens (tertiary/aromatic N) is 4. The molecule has 0 aliphatic carbocycles. The number of ether oxygens (including phenoxy) is 1. The quantitative estimate of drug-likeness (QED) is 0.686. The van der Waals surface area contributed by atoms with Crippen LogP contribution in [0.15, 0.2) is 11.2 Å². The number of hydrogen-bond donors (Lipinski definition) is 1. The highest BCUT2D eigenvalue weighted by Gasteiger charge is 2.21. The van der Waals surface area contributed by atoms with Crippen molar-refractivity contribution in [1.82, 2.24) is 19.9 Å². The fourth-order valence-electron chi connectivity index (χ4n) is 3.18. The molecule has 0 amide bonds. The minimum absolute atomic E-state index is 0.575. The largest absolute Gasteiger partial charge is 0.383 e. The lowest BCUT2D eigenvalue weighted by Crippen LogP contribution is -2.47. The summed E-state index contributed by atoms with van der Waals surface area (Å²) in [6, 6.07) is 1.96. The first kappa shape index (κ1) is 19.7. The maximum Gasteiger partial charge on any atom is 0.180 e. The second-order valence-corrected chi connectivity index (χ2v) is 8.28. The van der Waals surface area contributed by atoms with E-state index in [1.165, 1.54) is 0 Å². The summed E-state index contributed by atoms with van der Waals surface area (Å²) in [6.45, 7) is 10.00. The SMILES string of the molecule is CCC(CC)Sc1nc2nc(N3CCN(CCOC)CC3)c(Cl)cc2[nH]1. The Labute approximate surface area is 164 Å². The average Bonchev–Trinajstić information content (AvgIpc) is 3.05. The third kappa shape index (κ3) is 4.63. The molecule has 26 heavy (non-hydrogen) atoms. The molecule has 3 rings (SSSR count). The van der Waals surface area contributed by atoms with Crippen LogP contribution in [-0.2, 0) is 4.74 Å². The predicted molar refractivity (Wildman–Crippen MR) is 110 cm³/mol. The Bertz CT molecular complexity index is 713. The second kappa shape index (κ2) is 9.26. The summed E-state index contributed by atoms with van der Waals surface area (Å²) in [5, 5.41) is 2.19. The normalized spacial score (nSPS) is 16.1. The van der Waals surface area contributed by atoms with Gasteiger partial charge in [-0.2, -0.15) is 0 Å². The van der Waals surface area contributed by atoms with Gasteiger partial charge in [0, 0.05) is 45.1 Å². The molecule has 2 aromatic rings. The lowest BCUT2D eigenvalue weighted by Gasteiger charge is -2.35. The van der Waals surface area contributed by atoms with Gasteiger partial charge in [-0.05, 0) is 18.9 Å². The molecule has 1 aliphatic rings. The van der Waals surface area contributed by atoms with E-state index in [0.29, 0.717) is 10.3 Å². The Kier molecular flexibility index (Phi) is 7.03. The number of halogens is 1. The van der Waals surface area contributed by atoms with Crippen molar-refractivity contribution in [3.8, 4) is 0 Å². The summed E-state index contributed by atoms with van der Waals surface area (Å²) < 4.78 is 5.17. The van der Waals surface area contributed by atoms with Crippen molar-refractivity contribution in [1.29, 1.82) is 0 Å². The molecule has 2 aromatic heterocycles. The maximum absolute atomic E-state index is 6.53. The van der Waals surface area contributed by atoms with Crippen LogP contribution in [-0.4, -0.2) is 71.5 Å². The summed E-state index contributed by atoms with van der Waals surface area (Å²) in [4.78, 5) is 17.5. The van der Waals surface area contributed by atoms with Gasteiger partial charge in [0.2, 0.25) is 0 Å². The van der Waals surface area contributed by atoms with E-state index in [1.807, 2.05) is 6.07 Å². The number of aromatic nitrogens is 3. The Morgan fingerprint density at radius 1 is 1.23 bits per heavy atom. The number of hydrogen-bond acceptors (Lipinski definition) is 6. The van der Waals surface area contributed by atoms with Gasteiger partial charge in [0.15, 0.2) is 10.8 Å². The summed E-state index contributed by atoms with van der Waals surface area (Å²) in [5.74, 6) is 0.844. The van der Waals surface area contributed by atoms with E-state index in [9.17, 15) is 0 Å². The molecule has 0 unspecified atom stereocenters. The van der Waals surface area contributed by atoms with Crippen molar-refractivity contribution in [3.63, 3.8) is 0 Å². The van der Waals surface area contributed by atoms with Crippen LogP contribution in [0.25, 0.3) is 11.2 Å². The minimum Gasteiger partial charge on any atom is -0.383 e. The summed E-state index contributed by atoms with van der Waals surface area (Å²) >= 11 is 8.32. The lowest BCUT2D eigenvalue weighted by molar-refractivity contribution is 0.144. The van der Waals surface area contributed by atoms with Gasteiger partial charge < -0.3 is 14.6 Å². The van der Waals surface area contributed by atoms with Crippen molar-refractivity contribution in [2.45, 2.75) is 37.1 Å². The van der Waals surface area contributed by atoms with Crippen LogP contribution >= 0.6 is 23.4 Å². The van der Waals surface area contributed by atoms with E-state index < -0.39 is 0 Å². The van der Waals surface area contributed by atoms with Gasteiger partial charge >= 0.3 is 0 Å². The van der Waals surface area contributed by atoms with Crippen molar-refractivity contribution < 1.29 is 4.74 Å². The molecular formula is C18H28ClN5OS. The number of rotatable bonds is 8. The van der Waals surface area contributed by atoms with Crippen LogP contribution in [0.3, 0.4) is 0 Å². The van der Waals surface area contributed by atoms with Crippen LogP contribution in [0.4, 0.5) is 5.82 Å². The highest BCUT2D eigenvalue weighted by molar-refractivity contribution is 7.99. The first-order valence-electron chi connectivity index (χ1n) is 9.33. The molecule has 1 saturated heterocycles. The van der Waals surface area contributed by atoms with Gasteiger partial charge in [-0.15, -0.1) is 0 Å². The van der Waals surface area contributed by atoms with Crippen molar-refractivity contribution >= 4 is 40.3 Å². The molecule has 0 atom stereocenters. The molecule has 6 nitrogen and oxygen atoms in total. The molecule has 0 bridgehead atoms.